The predicted molar refractivity (Wildman–Crippen MR) is 93.3 cm³/mol. The molecular formula is C15H20BrClN4O. The highest BCUT2D eigenvalue weighted by Crippen LogP contribution is 2.25. The number of piperidine rings is 1. The summed E-state index contributed by atoms with van der Waals surface area (Å²) in [6.07, 6.45) is 2.10. The van der Waals surface area contributed by atoms with Gasteiger partial charge in [0, 0.05) is 29.0 Å². The minimum atomic E-state index is -0.00954. The number of fused-ring (bicyclic) bond motifs is 1. The Labute approximate surface area is 144 Å². The molecule has 22 heavy (non-hydrogen) atoms. The fourth-order valence-electron chi connectivity index (χ4n) is 2.92. The number of hydrogen-bond donors (Lipinski definition) is 2. The zero-order chi connectivity index (χ0) is 15.0. The second-order valence-corrected chi connectivity index (χ2v) is 6.69. The number of likely N-dealkylation sites (tertiary alicyclic amines) is 1. The average molecular weight is 388 g/mol. The third-order valence-electron chi connectivity index (χ3n) is 4.22. The second kappa shape index (κ2) is 6.98. The molecule has 1 fully saturated rings. The fraction of sp³-hybridized carbons (Fsp3) is 0.467. The number of nitrogens with two attached hydrogens (primary N) is 1. The van der Waals surface area contributed by atoms with E-state index in [2.05, 4.69) is 26.1 Å². The van der Waals surface area contributed by atoms with Gasteiger partial charge in [-0.1, -0.05) is 15.9 Å². The Hall–Kier alpha value is -1.11. The van der Waals surface area contributed by atoms with Crippen molar-refractivity contribution < 1.29 is 4.79 Å². The lowest BCUT2D eigenvalue weighted by molar-refractivity contribution is 0.0657. The molecule has 2 unspecified atom stereocenters. The highest BCUT2D eigenvalue weighted by atomic mass is 79.9. The molecule has 1 amide bonds. The molecule has 3 N–H and O–H groups in total. The van der Waals surface area contributed by atoms with E-state index in [1.54, 1.807) is 0 Å². The maximum absolute atomic E-state index is 12.7. The monoisotopic (exact) mass is 386 g/mol. The molecule has 2 aromatic rings. The Bertz CT molecular complexity index is 673. The highest BCUT2D eigenvalue weighted by Gasteiger charge is 2.28. The van der Waals surface area contributed by atoms with Crippen LogP contribution in [-0.2, 0) is 0 Å². The van der Waals surface area contributed by atoms with Gasteiger partial charge in [0.05, 0.1) is 5.52 Å². The summed E-state index contributed by atoms with van der Waals surface area (Å²) >= 11 is 3.44. The molecule has 1 saturated heterocycles. The van der Waals surface area contributed by atoms with Crippen LogP contribution in [0, 0.1) is 5.92 Å². The van der Waals surface area contributed by atoms with Crippen molar-refractivity contribution in [2.45, 2.75) is 25.8 Å². The summed E-state index contributed by atoms with van der Waals surface area (Å²) in [6, 6.07) is 5.90. The lowest BCUT2D eigenvalue weighted by atomic mass is 9.92. The SMILES string of the molecule is CC(N)C1CCCN(C(=O)c2n[nH]c3ccc(Br)cc23)C1.Cl. The Kier molecular flexibility index (Phi) is 5.47. The zero-order valence-corrected chi connectivity index (χ0v) is 14.8. The molecule has 3 rings (SSSR count). The molecule has 0 spiro atoms. The van der Waals surface area contributed by atoms with Gasteiger partial charge in [0.2, 0.25) is 0 Å². The Morgan fingerprint density at radius 2 is 2.32 bits per heavy atom. The molecule has 0 radical (unpaired) electrons. The molecule has 2 heterocycles. The van der Waals surface area contributed by atoms with Gasteiger partial charge in [-0.2, -0.15) is 5.10 Å². The molecule has 7 heteroatoms. The summed E-state index contributed by atoms with van der Waals surface area (Å²) < 4.78 is 0.942. The Balaban J connectivity index is 0.00000176. The van der Waals surface area contributed by atoms with Gasteiger partial charge in [-0.25, -0.2) is 0 Å². The van der Waals surface area contributed by atoms with Crippen LogP contribution in [0.5, 0.6) is 0 Å². The first-order chi connectivity index (χ1) is 10.1. The molecule has 5 nitrogen and oxygen atoms in total. The summed E-state index contributed by atoms with van der Waals surface area (Å²) in [5.41, 5.74) is 7.37. The third-order valence-corrected chi connectivity index (χ3v) is 4.71. The van der Waals surface area contributed by atoms with Crippen LogP contribution in [0.4, 0.5) is 0 Å². The Morgan fingerprint density at radius 1 is 1.55 bits per heavy atom. The molecule has 0 saturated carbocycles. The van der Waals surface area contributed by atoms with E-state index in [-0.39, 0.29) is 24.4 Å². The van der Waals surface area contributed by atoms with Gasteiger partial charge in [-0.05, 0) is 43.9 Å². The molecular weight excluding hydrogens is 368 g/mol. The van der Waals surface area contributed by atoms with Gasteiger partial charge in [0.15, 0.2) is 5.69 Å². The van der Waals surface area contributed by atoms with Crippen molar-refractivity contribution in [2.24, 2.45) is 11.7 Å². The van der Waals surface area contributed by atoms with E-state index in [1.807, 2.05) is 30.0 Å². The van der Waals surface area contributed by atoms with Gasteiger partial charge in [0.1, 0.15) is 0 Å². The topological polar surface area (TPSA) is 75.0 Å². The summed E-state index contributed by atoms with van der Waals surface area (Å²) in [6.45, 7) is 3.52. The molecule has 1 aromatic carbocycles. The molecule has 1 aliphatic rings. The number of aromatic amines is 1. The van der Waals surface area contributed by atoms with Gasteiger partial charge in [-0.15, -0.1) is 12.4 Å². The molecule has 2 atom stereocenters. The molecule has 1 aromatic heterocycles. The van der Waals surface area contributed by atoms with Crippen LogP contribution < -0.4 is 5.73 Å². The van der Waals surface area contributed by atoms with Crippen molar-refractivity contribution in [3.05, 3.63) is 28.4 Å². The van der Waals surface area contributed by atoms with Crippen molar-refractivity contribution >= 4 is 45.1 Å². The number of carbonyl (C=O) groups is 1. The summed E-state index contributed by atoms with van der Waals surface area (Å²) in [4.78, 5) is 14.6. The van der Waals surface area contributed by atoms with E-state index in [1.165, 1.54) is 0 Å². The number of hydrogen-bond acceptors (Lipinski definition) is 3. The number of nitrogens with one attached hydrogen (secondary N) is 1. The van der Waals surface area contributed by atoms with E-state index in [0.29, 0.717) is 11.6 Å². The van der Waals surface area contributed by atoms with Crippen LogP contribution in [0.3, 0.4) is 0 Å². The van der Waals surface area contributed by atoms with Gasteiger partial charge < -0.3 is 10.6 Å². The van der Waals surface area contributed by atoms with Crippen molar-refractivity contribution in [1.29, 1.82) is 0 Å². The minimum absolute atomic E-state index is 0. The van der Waals surface area contributed by atoms with Crippen LogP contribution in [0.2, 0.25) is 0 Å². The number of benzene rings is 1. The number of amides is 1. The lowest BCUT2D eigenvalue weighted by Gasteiger charge is -2.34. The number of aromatic nitrogens is 2. The van der Waals surface area contributed by atoms with E-state index in [4.69, 9.17) is 5.73 Å². The molecule has 1 aliphatic heterocycles. The largest absolute Gasteiger partial charge is 0.337 e. The smallest absolute Gasteiger partial charge is 0.275 e. The first kappa shape index (κ1) is 17.2. The third kappa shape index (κ3) is 3.29. The number of rotatable bonds is 2. The second-order valence-electron chi connectivity index (χ2n) is 5.77. The Morgan fingerprint density at radius 3 is 3.05 bits per heavy atom. The summed E-state index contributed by atoms with van der Waals surface area (Å²) in [5, 5.41) is 8.00. The van der Waals surface area contributed by atoms with E-state index >= 15 is 0 Å². The summed E-state index contributed by atoms with van der Waals surface area (Å²) in [7, 11) is 0. The number of nitrogens with zero attached hydrogens (tertiary/aromatic N) is 2. The molecule has 120 valence electrons. The van der Waals surface area contributed by atoms with Crippen molar-refractivity contribution in [3.8, 4) is 0 Å². The van der Waals surface area contributed by atoms with Crippen molar-refractivity contribution in [1.82, 2.24) is 15.1 Å². The van der Waals surface area contributed by atoms with Crippen LogP contribution in [0.1, 0.15) is 30.3 Å². The van der Waals surface area contributed by atoms with Crippen molar-refractivity contribution in [2.75, 3.05) is 13.1 Å². The molecule has 0 aliphatic carbocycles. The molecule has 0 bridgehead atoms. The number of carbonyl (C=O) groups excluding carboxylic acids is 1. The standard InChI is InChI=1S/C15H19BrN4O.ClH/c1-9(17)10-3-2-6-20(8-10)15(21)14-12-7-11(16)4-5-13(12)18-19-14;/h4-5,7,9-10H,2-3,6,8,17H2,1H3,(H,18,19);1H. The van der Waals surface area contributed by atoms with Crippen LogP contribution in [0.25, 0.3) is 10.9 Å². The lowest BCUT2D eigenvalue weighted by Crippen LogP contribution is -2.45. The van der Waals surface area contributed by atoms with Crippen LogP contribution in [-0.4, -0.2) is 40.1 Å². The number of halogens is 2. The zero-order valence-electron chi connectivity index (χ0n) is 12.4. The van der Waals surface area contributed by atoms with E-state index in [9.17, 15) is 4.79 Å². The van der Waals surface area contributed by atoms with Gasteiger partial charge in [-0.3, -0.25) is 9.89 Å². The fourth-order valence-corrected chi connectivity index (χ4v) is 3.28. The minimum Gasteiger partial charge on any atom is -0.337 e. The summed E-state index contributed by atoms with van der Waals surface area (Å²) in [5.74, 6) is 0.365. The normalized spacial score (nSPS) is 19.8. The van der Waals surface area contributed by atoms with Gasteiger partial charge in [0.25, 0.3) is 5.91 Å². The quantitative estimate of drug-likeness (QED) is 0.832. The highest BCUT2D eigenvalue weighted by molar-refractivity contribution is 9.10. The number of H-pyrrole nitrogens is 1. The maximum Gasteiger partial charge on any atom is 0.275 e. The maximum atomic E-state index is 12.7. The average Bonchev–Trinajstić information content (AvgIpc) is 2.89. The van der Waals surface area contributed by atoms with Crippen molar-refractivity contribution in [3.63, 3.8) is 0 Å². The van der Waals surface area contributed by atoms with Crippen LogP contribution in [0.15, 0.2) is 22.7 Å². The first-order valence-electron chi connectivity index (χ1n) is 7.24. The van der Waals surface area contributed by atoms with E-state index in [0.717, 1.165) is 41.3 Å². The first-order valence-corrected chi connectivity index (χ1v) is 8.04. The van der Waals surface area contributed by atoms with E-state index < -0.39 is 0 Å². The predicted octanol–water partition coefficient (Wildman–Crippen LogP) is 2.95. The van der Waals surface area contributed by atoms with Gasteiger partial charge >= 0.3 is 0 Å². The van der Waals surface area contributed by atoms with Crippen LogP contribution >= 0.6 is 28.3 Å².